The van der Waals surface area contributed by atoms with Gasteiger partial charge in [-0.1, -0.05) is 32.4 Å². The van der Waals surface area contributed by atoms with E-state index in [1.807, 2.05) is 13.8 Å². The van der Waals surface area contributed by atoms with Gasteiger partial charge >= 0.3 is 0 Å². The molecule has 0 aromatic heterocycles. The number of rotatable bonds is 4. The number of hydrogen-bond donors (Lipinski definition) is 0. The number of carbonyl (C=O) groups is 1. The first kappa shape index (κ1) is 12.2. The summed E-state index contributed by atoms with van der Waals surface area (Å²) in [6, 6.07) is 0. The van der Waals surface area contributed by atoms with Gasteiger partial charge in [-0.15, -0.1) is 0 Å². The Morgan fingerprint density at radius 2 is 1.92 bits per heavy atom. The van der Waals surface area contributed by atoms with Gasteiger partial charge in [-0.05, 0) is 37.8 Å². The van der Waals surface area contributed by atoms with E-state index in [4.69, 9.17) is 0 Å². The third-order valence-electron chi connectivity index (χ3n) is 2.25. The second-order valence-electron chi connectivity index (χ2n) is 3.52. The molecule has 74 valence electrons. The molecule has 0 saturated carbocycles. The molecule has 0 aliphatic heterocycles. The largest absolute Gasteiger partial charge is 0.290 e. The average Bonchev–Trinajstić information content (AvgIpc) is 2.05. The molecule has 1 heteroatoms. The molecule has 13 heavy (non-hydrogen) atoms. The van der Waals surface area contributed by atoms with E-state index < -0.39 is 0 Å². The van der Waals surface area contributed by atoms with Crippen LogP contribution in [-0.2, 0) is 4.79 Å². The van der Waals surface area contributed by atoms with Crippen molar-refractivity contribution in [3.8, 4) is 0 Å². The molecule has 0 N–H and O–H groups in total. The van der Waals surface area contributed by atoms with Crippen LogP contribution in [0.3, 0.4) is 0 Å². The molecule has 0 radical (unpaired) electrons. The molecule has 0 amide bonds. The molecule has 0 atom stereocenters. The third-order valence-corrected chi connectivity index (χ3v) is 2.25. The van der Waals surface area contributed by atoms with Crippen LogP contribution in [0.5, 0.6) is 0 Å². The summed E-state index contributed by atoms with van der Waals surface area (Å²) in [5.41, 5.74) is 2.18. The molecule has 0 bridgehead atoms. The predicted octanol–water partition coefficient (Wildman–Crippen LogP) is 3.51. The minimum absolute atomic E-state index is 0.146. The van der Waals surface area contributed by atoms with E-state index in [1.54, 1.807) is 12.2 Å². The summed E-state index contributed by atoms with van der Waals surface area (Å²) < 4.78 is 0. The smallest absolute Gasteiger partial charge is 0.181 e. The van der Waals surface area contributed by atoms with Crippen LogP contribution in [0, 0.1) is 5.92 Å². The van der Waals surface area contributed by atoms with Crippen molar-refractivity contribution in [3.05, 3.63) is 23.3 Å². The Hall–Kier alpha value is -0.850. The molecule has 0 aromatic carbocycles. The molecule has 0 heterocycles. The van der Waals surface area contributed by atoms with Crippen molar-refractivity contribution < 1.29 is 4.79 Å². The summed E-state index contributed by atoms with van der Waals surface area (Å²) in [5.74, 6) is 0.618. The van der Waals surface area contributed by atoms with Gasteiger partial charge in [0.15, 0.2) is 5.78 Å². The third kappa shape index (κ3) is 3.58. The monoisotopic (exact) mass is 180 g/mol. The molecule has 0 aromatic rings. The molecular formula is C12H20O. The summed E-state index contributed by atoms with van der Waals surface area (Å²) in [6.07, 6.45) is 4.39. The number of hydrogen-bond acceptors (Lipinski definition) is 1. The lowest BCUT2D eigenvalue weighted by atomic mass is 9.93. The lowest BCUT2D eigenvalue weighted by Crippen LogP contribution is -2.03. The second kappa shape index (κ2) is 5.74. The molecule has 0 spiro atoms. The standard InChI is InChI=1S/C12H20O/c1-6-8-12(13)10(5)11(7-2)9(3)4/h6,8-9H,7H2,1-5H3/b8-6+,11-10+. The topological polar surface area (TPSA) is 17.1 Å². The molecule has 0 unspecified atom stereocenters. The van der Waals surface area contributed by atoms with Crippen molar-refractivity contribution >= 4 is 5.78 Å². The number of allylic oxidation sites excluding steroid dienone is 4. The maximum absolute atomic E-state index is 11.5. The van der Waals surface area contributed by atoms with Crippen LogP contribution in [-0.4, -0.2) is 5.78 Å². The zero-order valence-electron chi connectivity index (χ0n) is 9.35. The highest BCUT2D eigenvalue weighted by Crippen LogP contribution is 2.18. The minimum atomic E-state index is 0.146. The predicted molar refractivity (Wildman–Crippen MR) is 57.7 cm³/mol. The highest BCUT2D eigenvalue weighted by Gasteiger charge is 2.09. The van der Waals surface area contributed by atoms with Gasteiger partial charge in [0, 0.05) is 0 Å². The van der Waals surface area contributed by atoms with Gasteiger partial charge in [-0.25, -0.2) is 0 Å². The SMILES string of the molecule is C/C=C/C(=O)/C(C)=C(\CC)C(C)C. The first-order valence-electron chi connectivity index (χ1n) is 4.91. The fraction of sp³-hybridized carbons (Fsp3) is 0.583. The Balaban J connectivity index is 4.85. The van der Waals surface area contributed by atoms with E-state index in [1.165, 1.54) is 5.57 Å². The molecule has 0 fully saturated rings. The van der Waals surface area contributed by atoms with Crippen LogP contribution in [0.1, 0.15) is 41.0 Å². The van der Waals surface area contributed by atoms with Crippen LogP contribution < -0.4 is 0 Å². The first-order valence-corrected chi connectivity index (χ1v) is 4.91. The summed E-state index contributed by atoms with van der Waals surface area (Å²) in [5, 5.41) is 0. The lowest BCUT2D eigenvalue weighted by molar-refractivity contribution is -0.111. The Kier molecular flexibility index (Phi) is 5.36. The minimum Gasteiger partial charge on any atom is -0.290 e. The summed E-state index contributed by atoms with van der Waals surface area (Å²) in [6.45, 7) is 10.1. The van der Waals surface area contributed by atoms with E-state index in [9.17, 15) is 4.79 Å². The van der Waals surface area contributed by atoms with Gasteiger partial charge in [-0.2, -0.15) is 0 Å². The number of carbonyl (C=O) groups excluding carboxylic acids is 1. The van der Waals surface area contributed by atoms with Crippen LogP contribution in [0.2, 0.25) is 0 Å². The van der Waals surface area contributed by atoms with Gasteiger partial charge in [0.2, 0.25) is 0 Å². The zero-order chi connectivity index (χ0) is 10.4. The molecule has 1 nitrogen and oxygen atoms in total. The molecule has 0 aliphatic rings. The average molecular weight is 180 g/mol. The maximum atomic E-state index is 11.5. The highest BCUT2D eigenvalue weighted by molar-refractivity contribution is 6.03. The normalized spacial score (nSPS) is 13.7. The van der Waals surface area contributed by atoms with E-state index in [0.29, 0.717) is 5.92 Å². The van der Waals surface area contributed by atoms with Gasteiger partial charge in [-0.3, -0.25) is 4.79 Å². The van der Waals surface area contributed by atoms with Gasteiger partial charge in [0.05, 0.1) is 0 Å². The van der Waals surface area contributed by atoms with Gasteiger partial charge in [0.1, 0.15) is 0 Å². The van der Waals surface area contributed by atoms with Crippen molar-refractivity contribution in [1.82, 2.24) is 0 Å². The highest BCUT2D eigenvalue weighted by atomic mass is 16.1. The number of ketones is 1. The Morgan fingerprint density at radius 1 is 1.38 bits per heavy atom. The maximum Gasteiger partial charge on any atom is 0.181 e. The van der Waals surface area contributed by atoms with Gasteiger partial charge in [0.25, 0.3) is 0 Å². The van der Waals surface area contributed by atoms with E-state index >= 15 is 0 Å². The van der Waals surface area contributed by atoms with Crippen molar-refractivity contribution in [2.45, 2.75) is 41.0 Å². The van der Waals surface area contributed by atoms with Crippen molar-refractivity contribution in [1.29, 1.82) is 0 Å². The zero-order valence-corrected chi connectivity index (χ0v) is 9.35. The molecule has 0 aliphatic carbocycles. The van der Waals surface area contributed by atoms with Crippen molar-refractivity contribution in [2.75, 3.05) is 0 Å². The fourth-order valence-corrected chi connectivity index (χ4v) is 1.54. The summed E-state index contributed by atoms with van der Waals surface area (Å²) >= 11 is 0. The van der Waals surface area contributed by atoms with E-state index in [0.717, 1.165) is 12.0 Å². The van der Waals surface area contributed by atoms with Crippen LogP contribution in [0.25, 0.3) is 0 Å². The van der Waals surface area contributed by atoms with E-state index in [2.05, 4.69) is 20.8 Å². The summed E-state index contributed by atoms with van der Waals surface area (Å²) in [4.78, 5) is 11.5. The van der Waals surface area contributed by atoms with Gasteiger partial charge < -0.3 is 0 Å². The lowest BCUT2D eigenvalue weighted by Gasteiger charge is -2.11. The first-order chi connectivity index (χ1) is 6.04. The van der Waals surface area contributed by atoms with E-state index in [-0.39, 0.29) is 5.78 Å². The second-order valence-corrected chi connectivity index (χ2v) is 3.52. The van der Waals surface area contributed by atoms with Crippen molar-refractivity contribution in [3.63, 3.8) is 0 Å². The Morgan fingerprint density at radius 3 is 2.23 bits per heavy atom. The van der Waals surface area contributed by atoms with Crippen LogP contribution in [0.15, 0.2) is 23.3 Å². The van der Waals surface area contributed by atoms with Crippen molar-refractivity contribution in [2.24, 2.45) is 5.92 Å². The fourth-order valence-electron chi connectivity index (χ4n) is 1.54. The molecule has 0 rings (SSSR count). The molecule has 0 saturated heterocycles. The van der Waals surface area contributed by atoms with Crippen LogP contribution in [0.4, 0.5) is 0 Å². The van der Waals surface area contributed by atoms with Crippen LogP contribution >= 0.6 is 0 Å². The molecular weight excluding hydrogens is 160 g/mol. The Bertz CT molecular complexity index is 232. The quantitative estimate of drug-likeness (QED) is 0.605. The summed E-state index contributed by atoms with van der Waals surface area (Å²) in [7, 11) is 0. The Labute approximate surface area is 81.5 Å².